The van der Waals surface area contributed by atoms with Crippen LogP contribution < -0.4 is 0 Å². The number of alkyl halides is 5. The lowest BCUT2D eigenvalue weighted by molar-refractivity contribution is -0.138. The smallest absolute Gasteiger partial charge is 0.252 e. The SMILES string of the molecule is FC(F)c1ncc(Br)c(C(F)(F)F)c1Cl. The lowest BCUT2D eigenvalue weighted by atomic mass is 10.2. The Morgan fingerprint density at radius 2 is 1.87 bits per heavy atom. The van der Waals surface area contributed by atoms with Crippen LogP contribution in [0.15, 0.2) is 10.7 Å². The minimum absolute atomic E-state index is 0.468. The molecule has 1 rings (SSSR count). The minimum Gasteiger partial charge on any atom is -0.252 e. The minimum atomic E-state index is -4.80. The molecule has 0 amide bonds. The standard InChI is InChI=1S/C7H2BrClF5N/c8-2-1-15-5(6(10)11)4(9)3(2)7(12,13)14/h1,6H. The van der Waals surface area contributed by atoms with Gasteiger partial charge in [-0.25, -0.2) is 8.78 Å². The molecular formula is C7H2BrClF5N. The molecule has 1 heterocycles. The molecule has 0 spiro atoms. The van der Waals surface area contributed by atoms with E-state index in [0.717, 1.165) is 0 Å². The number of nitrogens with zero attached hydrogens (tertiary/aromatic N) is 1. The van der Waals surface area contributed by atoms with Crippen molar-refractivity contribution in [2.75, 3.05) is 0 Å². The lowest BCUT2D eigenvalue weighted by Crippen LogP contribution is -2.10. The normalized spacial score (nSPS) is 12.3. The van der Waals surface area contributed by atoms with Crippen molar-refractivity contribution in [2.24, 2.45) is 0 Å². The maximum Gasteiger partial charge on any atom is 0.419 e. The van der Waals surface area contributed by atoms with E-state index >= 15 is 0 Å². The van der Waals surface area contributed by atoms with Gasteiger partial charge in [0.25, 0.3) is 6.43 Å². The van der Waals surface area contributed by atoms with E-state index in [1.165, 1.54) is 0 Å². The highest BCUT2D eigenvalue weighted by molar-refractivity contribution is 9.10. The van der Waals surface area contributed by atoms with Crippen molar-refractivity contribution in [1.29, 1.82) is 0 Å². The fourth-order valence-corrected chi connectivity index (χ4v) is 1.87. The molecule has 0 aliphatic rings. The van der Waals surface area contributed by atoms with Crippen molar-refractivity contribution >= 4 is 27.5 Å². The highest BCUT2D eigenvalue weighted by Gasteiger charge is 2.38. The summed E-state index contributed by atoms with van der Waals surface area (Å²) in [5, 5.41) is -1.08. The van der Waals surface area contributed by atoms with Gasteiger partial charge < -0.3 is 0 Å². The third-order valence-corrected chi connectivity index (χ3v) is 2.47. The van der Waals surface area contributed by atoms with Crippen LogP contribution in [-0.2, 0) is 6.18 Å². The third-order valence-electron chi connectivity index (χ3n) is 1.49. The van der Waals surface area contributed by atoms with Crippen LogP contribution in [0.3, 0.4) is 0 Å². The monoisotopic (exact) mass is 309 g/mol. The molecular weight excluding hydrogens is 308 g/mol. The van der Waals surface area contributed by atoms with Crippen LogP contribution in [0, 0.1) is 0 Å². The van der Waals surface area contributed by atoms with Crippen molar-refractivity contribution in [3.8, 4) is 0 Å². The van der Waals surface area contributed by atoms with E-state index in [9.17, 15) is 22.0 Å². The van der Waals surface area contributed by atoms with Crippen LogP contribution in [0.4, 0.5) is 22.0 Å². The van der Waals surface area contributed by atoms with E-state index in [1.807, 2.05) is 0 Å². The molecule has 84 valence electrons. The maximum absolute atomic E-state index is 12.4. The quantitative estimate of drug-likeness (QED) is 0.698. The number of rotatable bonds is 1. The Balaban J connectivity index is 3.44. The van der Waals surface area contributed by atoms with Crippen molar-refractivity contribution in [3.63, 3.8) is 0 Å². The zero-order chi connectivity index (χ0) is 11.8. The molecule has 0 fully saturated rings. The molecule has 8 heteroatoms. The van der Waals surface area contributed by atoms with Crippen LogP contribution in [0.5, 0.6) is 0 Å². The Kier molecular flexibility index (Phi) is 3.55. The highest BCUT2D eigenvalue weighted by atomic mass is 79.9. The molecule has 0 aliphatic carbocycles. The largest absolute Gasteiger partial charge is 0.419 e. The van der Waals surface area contributed by atoms with E-state index in [4.69, 9.17) is 11.6 Å². The Bertz CT molecular complexity index is 378. The first-order valence-corrected chi connectivity index (χ1v) is 4.61. The number of hydrogen-bond acceptors (Lipinski definition) is 1. The molecule has 0 radical (unpaired) electrons. The van der Waals surface area contributed by atoms with Gasteiger partial charge in [0, 0.05) is 10.7 Å². The fraction of sp³-hybridized carbons (Fsp3) is 0.286. The zero-order valence-electron chi connectivity index (χ0n) is 6.75. The maximum atomic E-state index is 12.4. The number of aromatic nitrogens is 1. The van der Waals surface area contributed by atoms with Gasteiger partial charge in [-0.05, 0) is 15.9 Å². The summed E-state index contributed by atoms with van der Waals surface area (Å²) in [6, 6.07) is 0. The summed E-state index contributed by atoms with van der Waals surface area (Å²) < 4.78 is 61.0. The summed E-state index contributed by atoms with van der Waals surface area (Å²) in [5.41, 5.74) is -2.42. The third kappa shape index (κ3) is 2.57. The van der Waals surface area contributed by atoms with E-state index in [0.29, 0.717) is 6.20 Å². The van der Waals surface area contributed by atoms with Crippen LogP contribution in [0.1, 0.15) is 17.7 Å². The van der Waals surface area contributed by atoms with E-state index < -0.39 is 33.4 Å². The van der Waals surface area contributed by atoms with Gasteiger partial charge in [0.1, 0.15) is 5.69 Å². The first kappa shape index (κ1) is 12.6. The van der Waals surface area contributed by atoms with Gasteiger partial charge in [-0.2, -0.15) is 13.2 Å². The predicted octanol–water partition coefficient (Wildman–Crippen LogP) is 4.45. The average molecular weight is 310 g/mol. The first-order chi connectivity index (χ1) is 6.75. The van der Waals surface area contributed by atoms with Crippen molar-refractivity contribution in [2.45, 2.75) is 12.6 Å². The summed E-state index contributed by atoms with van der Waals surface area (Å²) in [4.78, 5) is 3.12. The van der Waals surface area contributed by atoms with Crippen LogP contribution >= 0.6 is 27.5 Å². The molecule has 0 atom stereocenters. The van der Waals surface area contributed by atoms with Gasteiger partial charge in [0.15, 0.2) is 0 Å². The zero-order valence-corrected chi connectivity index (χ0v) is 9.09. The van der Waals surface area contributed by atoms with Gasteiger partial charge in [-0.1, -0.05) is 11.6 Å². The van der Waals surface area contributed by atoms with Crippen molar-refractivity contribution < 1.29 is 22.0 Å². The molecule has 0 N–H and O–H groups in total. The Morgan fingerprint density at radius 3 is 2.27 bits per heavy atom. The summed E-state index contributed by atoms with van der Waals surface area (Å²) in [6.07, 6.45) is -7.30. The molecule has 1 aromatic heterocycles. The van der Waals surface area contributed by atoms with E-state index in [1.54, 1.807) is 0 Å². The van der Waals surface area contributed by atoms with Gasteiger partial charge in [0.05, 0.1) is 10.6 Å². The fourth-order valence-electron chi connectivity index (χ4n) is 0.892. The topological polar surface area (TPSA) is 12.9 Å². The van der Waals surface area contributed by atoms with Crippen molar-refractivity contribution in [1.82, 2.24) is 4.98 Å². The second-order valence-corrected chi connectivity index (χ2v) is 3.71. The molecule has 0 aliphatic heterocycles. The molecule has 0 saturated carbocycles. The van der Waals surface area contributed by atoms with Crippen LogP contribution in [0.2, 0.25) is 5.02 Å². The molecule has 1 aromatic rings. The molecule has 0 bridgehead atoms. The Morgan fingerprint density at radius 1 is 1.33 bits per heavy atom. The van der Waals surface area contributed by atoms with Gasteiger partial charge >= 0.3 is 6.18 Å². The number of hydrogen-bond donors (Lipinski definition) is 0. The number of pyridine rings is 1. The lowest BCUT2D eigenvalue weighted by Gasteiger charge is -2.12. The van der Waals surface area contributed by atoms with Crippen molar-refractivity contribution in [3.05, 3.63) is 26.9 Å². The summed E-state index contributed by atoms with van der Waals surface area (Å²) in [7, 11) is 0. The highest BCUT2D eigenvalue weighted by Crippen LogP contribution is 2.42. The molecule has 0 aromatic carbocycles. The molecule has 1 nitrogen and oxygen atoms in total. The van der Waals surface area contributed by atoms with Crippen LogP contribution in [0.25, 0.3) is 0 Å². The summed E-state index contributed by atoms with van der Waals surface area (Å²) in [6.45, 7) is 0. The van der Waals surface area contributed by atoms with E-state index in [-0.39, 0.29) is 0 Å². The van der Waals surface area contributed by atoms with Gasteiger partial charge in [0.2, 0.25) is 0 Å². The Labute approximate surface area is 94.4 Å². The number of halogens is 7. The van der Waals surface area contributed by atoms with Gasteiger partial charge in [-0.15, -0.1) is 0 Å². The summed E-state index contributed by atoms with van der Waals surface area (Å²) in [5.74, 6) is 0. The Hall–Kier alpha value is -0.430. The predicted molar refractivity (Wildman–Crippen MR) is 46.9 cm³/mol. The second kappa shape index (κ2) is 4.21. The molecule has 0 unspecified atom stereocenters. The van der Waals surface area contributed by atoms with Gasteiger partial charge in [-0.3, -0.25) is 4.98 Å². The first-order valence-electron chi connectivity index (χ1n) is 3.44. The average Bonchev–Trinajstić information content (AvgIpc) is 2.00. The van der Waals surface area contributed by atoms with E-state index in [2.05, 4.69) is 20.9 Å². The van der Waals surface area contributed by atoms with Crippen LogP contribution in [-0.4, -0.2) is 4.98 Å². The molecule has 0 saturated heterocycles. The second-order valence-electron chi connectivity index (χ2n) is 2.48. The summed E-state index contributed by atoms with van der Waals surface area (Å²) >= 11 is 7.76. The molecule has 15 heavy (non-hydrogen) atoms.